The number of benzene rings is 1. The van der Waals surface area contributed by atoms with Gasteiger partial charge in [0.1, 0.15) is 11.6 Å². The number of halogens is 2. The van der Waals surface area contributed by atoms with Crippen LogP contribution in [0.15, 0.2) is 18.2 Å². The van der Waals surface area contributed by atoms with Gasteiger partial charge in [0.25, 0.3) is 0 Å². The topological polar surface area (TPSA) is 18.5 Å². The number of piperazine rings is 1. The lowest BCUT2D eigenvalue weighted by molar-refractivity contribution is 0.141. The van der Waals surface area contributed by atoms with Gasteiger partial charge in [-0.1, -0.05) is 0 Å². The maximum absolute atomic E-state index is 14.0. The first-order valence-corrected chi connectivity index (χ1v) is 6.62. The van der Waals surface area contributed by atoms with Gasteiger partial charge in [-0.05, 0) is 32.3 Å². The van der Waals surface area contributed by atoms with E-state index in [0.717, 1.165) is 26.2 Å². The second-order valence-corrected chi connectivity index (χ2v) is 5.23. The molecule has 1 aromatic rings. The molecule has 0 amide bonds. The molecular formula is C14H21F2N3. The van der Waals surface area contributed by atoms with Gasteiger partial charge in [0.05, 0.1) is 6.04 Å². The van der Waals surface area contributed by atoms with Crippen molar-refractivity contribution in [3.8, 4) is 0 Å². The molecule has 5 heteroatoms. The molecule has 0 saturated carbocycles. The Morgan fingerprint density at radius 2 is 1.95 bits per heavy atom. The lowest BCUT2D eigenvalue weighted by atomic mass is 10.0. The molecule has 19 heavy (non-hydrogen) atoms. The van der Waals surface area contributed by atoms with E-state index < -0.39 is 0 Å². The Morgan fingerprint density at radius 1 is 1.26 bits per heavy atom. The normalized spacial score (nSPS) is 18.8. The number of nitrogens with one attached hydrogen (secondary N) is 1. The SMILES string of the molecule is CN(C)CC(c1cc(F)ccc1F)N1CCNCC1. The fraction of sp³-hybridized carbons (Fsp3) is 0.571. The lowest BCUT2D eigenvalue weighted by Gasteiger charge is -2.36. The van der Waals surface area contributed by atoms with Crippen molar-refractivity contribution in [2.45, 2.75) is 6.04 Å². The van der Waals surface area contributed by atoms with Crippen LogP contribution in [0.1, 0.15) is 11.6 Å². The summed E-state index contributed by atoms with van der Waals surface area (Å²) in [5, 5.41) is 3.28. The minimum atomic E-state index is -0.379. The van der Waals surface area contributed by atoms with E-state index in [9.17, 15) is 8.78 Å². The van der Waals surface area contributed by atoms with Crippen molar-refractivity contribution in [2.75, 3.05) is 46.8 Å². The van der Waals surface area contributed by atoms with Gasteiger partial charge in [-0.25, -0.2) is 8.78 Å². The highest BCUT2D eigenvalue weighted by Gasteiger charge is 2.25. The smallest absolute Gasteiger partial charge is 0.128 e. The molecule has 1 N–H and O–H groups in total. The Labute approximate surface area is 113 Å². The summed E-state index contributed by atoms with van der Waals surface area (Å²) in [5.74, 6) is -0.706. The molecular weight excluding hydrogens is 248 g/mol. The van der Waals surface area contributed by atoms with E-state index in [2.05, 4.69) is 10.2 Å². The molecule has 0 spiro atoms. The molecule has 1 aliphatic heterocycles. The van der Waals surface area contributed by atoms with E-state index in [1.54, 1.807) is 0 Å². The van der Waals surface area contributed by atoms with Crippen LogP contribution in [0.4, 0.5) is 8.78 Å². The first kappa shape index (κ1) is 14.4. The Hall–Kier alpha value is -1.04. The molecule has 1 heterocycles. The summed E-state index contributed by atoms with van der Waals surface area (Å²) >= 11 is 0. The molecule has 1 fully saturated rings. The van der Waals surface area contributed by atoms with Crippen molar-refractivity contribution in [3.63, 3.8) is 0 Å². The summed E-state index contributed by atoms with van der Waals surface area (Å²) in [6.07, 6.45) is 0. The van der Waals surface area contributed by atoms with Crippen LogP contribution in [-0.2, 0) is 0 Å². The second-order valence-electron chi connectivity index (χ2n) is 5.23. The highest BCUT2D eigenvalue weighted by Crippen LogP contribution is 2.25. The third-order valence-electron chi connectivity index (χ3n) is 3.45. The van der Waals surface area contributed by atoms with Crippen LogP contribution in [0.25, 0.3) is 0 Å². The van der Waals surface area contributed by atoms with Crippen molar-refractivity contribution >= 4 is 0 Å². The summed E-state index contributed by atoms with van der Waals surface area (Å²) in [6, 6.07) is 3.61. The Morgan fingerprint density at radius 3 is 2.58 bits per heavy atom. The predicted octanol–water partition coefficient (Wildman–Crippen LogP) is 1.47. The van der Waals surface area contributed by atoms with Gasteiger partial charge >= 0.3 is 0 Å². The molecule has 1 atom stereocenters. The van der Waals surface area contributed by atoms with E-state index in [1.807, 2.05) is 19.0 Å². The molecule has 0 bridgehead atoms. The van der Waals surface area contributed by atoms with Crippen molar-refractivity contribution in [1.82, 2.24) is 15.1 Å². The van der Waals surface area contributed by atoms with E-state index in [1.165, 1.54) is 18.2 Å². The third kappa shape index (κ3) is 3.72. The summed E-state index contributed by atoms with van der Waals surface area (Å²) in [4.78, 5) is 4.23. The van der Waals surface area contributed by atoms with Crippen molar-refractivity contribution in [1.29, 1.82) is 0 Å². The molecule has 1 unspecified atom stereocenters. The molecule has 1 saturated heterocycles. The van der Waals surface area contributed by atoms with Crippen LogP contribution in [0.3, 0.4) is 0 Å². The van der Waals surface area contributed by atoms with Gasteiger partial charge in [0.2, 0.25) is 0 Å². The Kier molecular flexibility index (Phi) is 4.85. The van der Waals surface area contributed by atoms with Gasteiger partial charge in [0, 0.05) is 38.3 Å². The van der Waals surface area contributed by atoms with Crippen LogP contribution < -0.4 is 5.32 Å². The van der Waals surface area contributed by atoms with Crippen LogP contribution in [0, 0.1) is 11.6 Å². The molecule has 1 aliphatic rings. The maximum Gasteiger partial charge on any atom is 0.128 e. The van der Waals surface area contributed by atoms with Crippen LogP contribution >= 0.6 is 0 Å². The van der Waals surface area contributed by atoms with Gasteiger partial charge in [-0.3, -0.25) is 4.90 Å². The van der Waals surface area contributed by atoms with Gasteiger partial charge in [-0.2, -0.15) is 0 Å². The highest BCUT2D eigenvalue weighted by atomic mass is 19.1. The first-order chi connectivity index (χ1) is 9.08. The summed E-state index contributed by atoms with van der Waals surface area (Å²) in [5.41, 5.74) is 0.454. The summed E-state index contributed by atoms with van der Waals surface area (Å²) in [7, 11) is 3.90. The largest absolute Gasteiger partial charge is 0.314 e. The van der Waals surface area contributed by atoms with Gasteiger partial charge < -0.3 is 10.2 Å². The molecule has 1 aromatic carbocycles. The lowest BCUT2D eigenvalue weighted by Crippen LogP contribution is -2.47. The number of rotatable bonds is 4. The van der Waals surface area contributed by atoms with Crippen LogP contribution in [-0.4, -0.2) is 56.6 Å². The maximum atomic E-state index is 14.0. The third-order valence-corrected chi connectivity index (χ3v) is 3.45. The average molecular weight is 269 g/mol. The quantitative estimate of drug-likeness (QED) is 0.893. The van der Waals surface area contributed by atoms with E-state index in [-0.39, 0.29) is 17.7 Å². The summed E-state index contributed by atoms with van der Waals surface area (Å²) in [6.45, 7) is 4.17. The molecule has 3 nitrogen and oxygen atoms in total. The second kappa shape index (κ2) is 6.41. The van der Waals surface area contributed by atoms with E-state index >= 15 is 0 Å². The van der Waals surface area contributed by atoms with Crippen molar-refractivity contribution < 1.29 is 8.78 Å². The number of hydrogen-bond donors (Lipinski definition) is 1. The zero-order valence-corrected chi connectivity index (χ0v) is 11.5. The number of nitrogens with zero attached hydrogens (tertiary/aromatic N) is 2. The van der Waals surface area contributed by atoms with Gasteiger partial charge in [0.15, 0.2) is 0 Å². The average Bonchev–Trinajstić information content (AvgIpc) is 2.40. The molecule has 0 radical (unpaired) electrons. The molecule has 0 aromatic heterocycles. The molecule has 106 valence electrons. The number of hydrogen-bond acceptors (Lipinski definition) is 3. The number of likely N-dealkylation sites (N-methyl/N-ethyl adjacent to an activating group) is 1. The van der Waals surface area contributed by atoms with Crippen molar-refractivity contribution in [3.05, 3.63) is 35.4 Å². The predicted molar refractivity (Wildman–Crippen MR) is 72.1 cm³/mol. The van der Waals surface area contributed by atoms with Gasteiger partial charge in [-0.15, -0.1) is 0 Å². The fourth-order valence-corrected chi connectivity index (χ4v) is 2.52. The first-order valence-electron chi connectivity index (χ1n) is 6.62. The van der Waals surface area contributed by atoms with Crippen molar-refractivity contribution in [2.24, 2.45) is 0 Å². The Balaban J connectivity index is 2.27. The minimum Gasteiger partial charge on any atom is -0.314 e. The van der Waals surface area contributed by atoms with E-state index in [0.29, 0.717) is 12.1 Å². The molecule has 2 rings (SSSR count). The van der Waals surface area contributed by atoms with E-state index in [4.69, 9.17) is 0 Å². The monoisotopic (exact) mass is 269 g/mol. The Bertz CT molecular complexity index is 417. The van der Waals surface area contributed by atoms with Crippen LogP contribution in [0.2, 0.25) is 0 Å². The summed E-state index contributed by atoms with van der Waals surface area (Å²) < 4.78 is 27.4. The fourth-order valence-electron chi connectivity index (χ4n) is 2.52. The highest BCUT2D eigenvalue weighted by molar-refractivity contribution is 5.23. The standard InChI is InChI=1S/C14H21F2N3/c1-18(2)10-14(19-7-5-17-6-8-19)12-9-11(15)3-4-13(12)16/h3-4,9,14,17H,5-8,10H2,1-2H3. The molecule has 0 aliphatic carbocycles. The minimum absolute atomic E-state index is 0.104. The zero-order valence-electron chi connectivity index (χ0n) is 11.5. The zero-order chi connectivity index (χ0) is 13.8. The van der Waals surface area contributed by atoms with Crippen LogP contribution in [0.5, 0.6) is 0 Å².